The van der Waals surface area contributed by atoms with E-state index >= 15 is 0 Å². The average molecular weight is 335 g/mol. The number of amides is 1. The standard InChI is InChI=1S/C17H29N5O2/c1-14-3-8-21(9-4-14)16(23)15(2)20-10-5-17(24,6-11-20)13-22-12-7-18-19-22/h7,12,14-15,24H,3-6,8-11,13H2,1-2H3. The van der Waals surface area contributed by atoms with Gasteiger partial charge in [0.05, 0.1) is 24.4 Å². The van der Waals surface area contributed by atoms with Crippen LogP contribution in [0.5, 0.6) is 0 Å². The van der Waals surface area contributed by atoms with Gasteiger partial charge in [-0.15, -0.1) is 5.10 Å². The van der Waals surface area contributed by atoms with Crippen LogP contribution in [0.2, 0.25) is 0 Å². The second-order valence-corrected chi connectivity index (χ2v) is 7.54. The first-order valence-corrected chi connectivity index (χ1v) is 9.06. The molecule has 7 heteroatoms. The molecule has 1 amide bonds. The average Bonchev–Trinajstić information content (AvgIpc) is 3.07. The fraction of sp³-hybridized carbons (Fsp3) is 0.824. The zero-order valence-corrected chi connectivity index (χ0v) is 14.8. The lowest BCUT2D eigenvalue weighted by molar-refractivity contribution is -0.140. The molecule has 1 N–H and O–H groups in total. The van der Waals surface area contributed by atoms with E-state index in [9.17, 15) is 9.90 Å². The lowest BCUT2D eigenvalue weighted by Gasteiger charge is -2.42. The fourth-order valence-electron chi connectivity index (χ4n) is 3.75. The first-order chi connectivity index (χ1) is 11.5. The van der Waals surface area contributed by atoms with Gasteiger partial charge in [0.2, 0.25) is 5.91 Å². The van der Waals surface area contributed by atoms with Gasteiger partial charge < -0.3 is 10.0 Å². The summed E-state index contributed by atoms with van der Waals surface area (Å²) in [6, 6.07) is -0.102. The van der Waals surface area contributed by atoms with Gasteiger partial charge in [-0.3, -0.25) is 9.69 Å². The van der Waals surface area contributed by atoms with Crippen LogP contribution >= 0.6 is 0 Å². The van der Waals surface area contributed by atoms with Gasteiger partial charge in [0, 0.05) is 32.4 Å². The van der Waals surface area contributed by atoms with E-state index in [2.05, 4.69) is 22.1 Å². The van der Waals surface area contributed by atoms with Crippen molar-refractivity contribution in [1.82, 2.24) is 24.8 Å². The van der Waals surface area contributed by atoms with Crippen LogP contribution in [0.3, 0.4) is 0 Å². The molecular weight excluding hydrogens is 306 g/mol. The summed E-state index contributed by atoms with van der Waals surface area (Å²) >= 11 is 0. The molecule has 2 fully saturated rings. The van der Waals surface area contributed by atoms with Gasteiger partial charge in [0.15, 0.2) is 0 Å². The lowest BCUT2D eigenvalue weighted by Crippen LogP contribution is -2.54. The third-order valence-electron chi connectivity index (χ3n) is 5.66. The molecule has 0 radical (unpaired) electrons. The van der Waals surface area contributed by atoms with Crippen molar-refractivity contribution in [2.75, 3.05) is 26.2 Å². The highest BCUT2D eigenvalue weighted by molar-refractivity contribution is 5.81. The molecule has 0 bridgehead atoms. The predicted octanol–water partition coefficient (Wildman–Crippen LogP) is 0.752. The molecule has 0 saturated carbocycles. The van der Waals surface area contributed by atoms with Crippen LogP contribution in [0, 0.1) is 5.92 Å². The summed E-state index contributed by atoms with van der Waals surface area (Å²) in [7, 11) is 0. The summed E-state index contributed by atoms with van der Waals surface area (Å²) in [5, 5.41) is 18.5. The quantitative estimate of drug-likeness (QED) is 0.879. The Morgan fingerprint density at radius 2 is 1.96 bits per heavy atom. The van der Waals surface area contributed by atoms with Crippen LogP contribution in [0.4, 0.5) is 0 Å². The third-order valence-corrected chi connectivity index (χ3v) is 5.66. The van der Waals surface area contributed by atoms with E-state index in [-0.39, 0.29) is 11.9 Å². The predicted molar refractivity (Wildman–Crippen MR) is 90.2 cm³/mol. The molecule has 0 aliphatic carbocycles. The Bertz CT molecular complexity index is 531. The summed E-state index contributed by atoms with van der Waals surface area (Å²) in [5.74, 6) is 0.967. The normalized spacial score (nSPS) is 24.0. The number of likely N-dealkylation sites (tertiary alicyclic amines) is 2. The Morgan fingerprint density at radius 1 is 1.29 bits per heavy atom. The molecular formula is C17H29N5O2. The monoisotopic (exact) mass is 335 g/mol. The molecule has 1 atom stereocenters. The van der Waals surface area contributed by atoms with Crippen molar-refractivity contribution in [2.45, 2.75) is 57.7 Å². The van der Waals surface area contributed by atoms with Gasteiger partial charge in [-0.1, -0.05) is 12.1 Å². The molecule has 0 spiro atoms. The van der Waals surface area contributed by atoms with Crippen LogP contribution in [0.1, 0.15) is 39.5 Å². The van der Waals surface area contributed by atoms with Crippen LogP contribution in [0.15, 0.2) is 12.4 Å². The van der Waals surface area contributed by atoms with Gasteiger partial charge in [0.1, 0.15) is 0 Å². The molecule has 2 saturated heterocycles. The number of carbonyl (C=O) groups is 1. The van der Waals surface area contributed by atoms with Gasteiger partial charge in [0.25, 0.3) is 0 Å². The molecule has 24 heavy (non-hydrogen) atoms. The highest BCUT2D eigenvalue weighted by Crippen LogP contribution is 2.26. The molecule has 3 heterocycles. The highest BCUT2D eigenvalue weighted by atomic mass is 16.3. The number of carbonyl (C=O) groups excluding carboxylic acids is 1. The minimum absolute atomic E-state index is 0.102. The molecule has 1 aromatic rings. The van der Waals surface area contributed by atoms with Crippen LogP contribution in [0.25, 0.3) is 0 Å². The SMILES string of the molecule is CC1CCN(C(=O)C(C)N2CCC(O)(Cn3ccnn3)CC2)CC1. The molecule has 2 aliphatic heterocycles. The van der Waals surface area contributed by atoms with Crippen LogP contribution in [-0.2, 0) is 11.3 Å². The maximum Gasteiger partial charge on any atom is 0.239 e. The molecule has 3 rings (SSSR count). The van der Waals surface area contributed by atoms with Crippen LogP contribution < -0.4 is 0 Å². The number of hydrogen-bond donors (Lipinski definition) is 1. The number of aliphatic hydroxyl groups is 1. The Labute approximate surface area is 143 Å². The summed E-state index contributed by atoms with van der Waals surface area (Å²) in [6.45, 7) is 7.97. The highest BCUT2D eigenvalue weighted by Gasteiger charge is 2.37. The van der Waals surface area contributed by atoms with E-state index in [4.69, 9.17) is 0 Å². The Balaban J connectivity index is 1.51. The fourth-order valence-corrected chi connectivity index (χ4v) is 3.75. The zero-order valence-electron chi connectivity index (χ0n) is 14.8. The van der Waals surface area contributed by atoms with Crippen molar-refractivity contribution >= 4 is 5.91 Å². The smallest absolute Gasteiger partial charge is 0.239 e. The number of rotatable bonds is 4. The van der Waals surface area contributed by atoms with E-state index in [0.29, 0.717) is 19.4 Å². The van der Waals surface area contributed by atoms with Gasteiger partial charge in [-0.05, 0) is 38.5 Å². The van der Waals surface area contributed by atoms with Crippen molar-refractivity contribution in [3.8, 4) is 0 Å². The number of aromatic nitrogens is 3. The summed E-state index contributed by atoms with van der Waals surface area (Å²) in [6.07, 6.45) is 6.92. The summed E-state index contributed by atoms with van der Waals surface area (Å²) in [4.78, 5) is 16.9. The third kappa shape index (κ3) is 3.95. The van der Waals surface area contributed by atoms with E-state index in [1.54, 1.807) is 17.1 Å². The van der Waals surface area contributed by atoms with Crippen molar-refractivity contribution in [2.24, 2.45) is 5.92 Å². The number of piperidine rings is 2. The Kier molecular flexibility index (Phi) is 5.20. The second-order valence-electron chi connectivity index (χ2n) is 7.54. The maximum absolute atomic E-state index is 12.7. The van der Waals surface area contributed by atoms with E-state index in [0.717, 1.165) is 44.9 Å². The van der Waals surface area contributed by atoms with Crippen molar-refractivity contribution in [3.63, 3.8) is 0 Å². The number of hydrogen-bond acceptors (Lipinski definition) is 5. The van der Waals surface area contributed by atoms with Gasteiger partial charge in [-0.25, -0.2) is 4.68 Å². The minimum atomic E-state index is -0.756. The molecule has 134 valence electrons. The Morgan fingerprint density at radius 3 is 2.54 bits per heavy atom. The van der Waals surface area contributed by atoms with E-state index in [1.165, 1.54) is 0 Å². The molecule has 0 aromatic carbocycles. The van der Waals surface area contributed by atoms with Crippen molar-refractivity contribution in [1.29, 1.82) is 0 Å². The van der Waals surface area contributed by atoms with Gasteiger partial charge >= 0.3 is 0 Å². The number of nitrogens with zero attached hydrogens (tertiary/aromatic N) is 5. The molecule has 1 aromatic heterocycles. The van der Waals surface area contributed by atoms with Gasteiger partial charge in [-0.2, -0.15) is 0 Å². The molecule has 7 nitrogen and oxygen atoms in total. The van der Waals surface area contributed by atoms with E-state index in [1.807, 2.05) is 11.8 Å². The zero-order chi connectivity index (χ0) is 17.2. The van der Waals surface area contributed by atoms with Crippen molar-refractivity contribution in [3.05, 3.63) is 12.4 Å². The summed E-state index contributed by atoms with van der Waals surface area (Å²) in [5.41, 5.74) is -0.756. The van der Waals surface area contributed by atoms with Crippen molar-refractivity contribution < 1.29 is 9.90 Å². The minimum Gasteiger partial charge on any atom is -0.388 e. The molecule has 2 aliphatic rings. The largest absolute Gasteiger partial charge is 0.388 e. The maximum atomic E-state index is 12.7. The Hall–Kier alpha value is -1.47. The summed E-state index contributed by atoms with van der Waals surface area (Å²) < 4.78 is 1.68. The van der Waals surface area contributed by atoms with Crippen LogP contribution in [-0.4, -0.2) is 73.6 Å². The first kappa shape index (κ1) is 17.4. The topological polar surface area (TPSA) is 74.5 Å². The lowest BCUT2D eigenvalue weighted by atomic mass is 9.90. The molecule has 1 unspecified atom stereocenters. The first-order valence-electron chi connectivity index (χ1n) is 9.06. The second kappa shape index (κ2) is 7.19. The van der Waals surface area contributed by atoms with E-state index < -0.39 is 5.60 Å².